The van der Waals surface area contributed by atoms with Gasteiger partial charge < -0.3 is 47.4 Å². The van der Waals surface area contributed by atoms with E-state index in [4.69, 9.17) is 47.4 Å². The first-order valence-corrected chi connectivity index (χ1v) is 13.2. The van der Waals surface area contributed by atoms with E-state index in [-0.39, 0.29) is 0 Å². The van der Waals surface area contributed by atoms with E-state index in [9.17, 15) is 33.6 Å². The van der Waals surface area contributed by atoms with Crippen LogP contribution in [0, 0.1) is 0 Å². The maximum Gasteiger partial charge on any atom is 0.303 e. The molecule has 0 N–H and O–H groups in total. The molecule has 0 unspecified atom stereocenters. The molecule has 0 aromatic carbocycles. The SMILES string of the molecule is CC(=O)OC[C@H]1O[C@@H](O[C@H]2[C@H](OC(C)=O)[C@@H](OC(C)=O)[C@@H](F)O[C@@H]2COC(C)=O)[C@H](OC(C)=O)[C@@H](OC(C)=O)[C@H]1OC(C)=O. The van der Waals surface area contributed by atoms with Crippen LogP contribution in [0.5, 0.6) is 0 Å². The monoisotopic (exact) mass is 638 g/mol. The second-order valence-corrected chi connectivity index (χ2v) is 9.64. The summed E-state index contributed by atoms with van der Waals surface area (Å²) in [7, 11) is 0. The Morgan fingerprint density at radius 2 is 0.841 bits per heavy atom. The molecule has 2 rings (SSSR count). The average Bonchev–Trinajstić information content (AvgIpc) is 2.87. The second kappa shape index (κ2) is 16.2. The third-order valence-corrected chi connectivity index (χ3v) is 5.87. The van der Waals surface area contributed by atoms with Gasteiger partial charge in [0.05, 0.1) is 0 Å². The quantitative estimate of drug-likeness (QED) is 0.207. The number of alkyl halides is 1. The van der Waals surface area contributed by atoms with Gasteiger partial charge in [-0.2, -0.15) is 0 Å². The van der Waals surface area contributed by atoms with Crippen molar-refractivity contribution in [2.45, 2.75) is 110 Å². The first kappa shape index (κ1) is 36.3. The highest BCUT2D eigenvalue weighted by atomic mass is 19.1. The number of rotatable bonds is 11. The lowest BCUT2D eigenvalue weighted by Gasteiger charge is -2.47. The fraction of sp³-hybridized carbons (Fsp3) is 0.731. The Morgan fingerprint density at radius 3 is 1.27 bits per heavy atom. The van der Waals surface area contributed by atoms with Gasteiger partial charge in [0, 0.05) is 48.5 Å². The summed E-state index contributed by atoms with van der Waals surface area (Å²) < 4.78 is 68.6. The van der Waals surface area contributed by atoms with E-state index in [0.717, 1.165) is 48.5 Å². The lowest BCUT2D eigenvalue weighted by Crippen LogP contribution is -2.66. The Kier molecular flexibility index (Phi) is 13.4. The molecule has 2 aliphatic heterocycles. The van der Waals surface area contributed by atoms with Gasteiger partial charge in [-0.3, -0.25) is 33.6 Å². The molecule has 0 saturated carbocycles. The third-order valence-electron chi connectivity index (χ3n) is 5.87. The van der Waals surface area contributed by atoms with E-state index >= 15 is 4.39 Å². The van der Waals surface area contributed by atoms with Gasteiger partial charge in [0.25, 0.3) is 0 Å². The van der Waals surface area contributed by atoms with Gasteiger partial charge in [-0.1, -0.05) is 0 Å². The molecule has 0 aromatic rings. The third kappa shape index (κ3) is 10.7. The molecule has 2 fully saturated rings. The predicted octanol–water partition coefficient (Wildman–Crippen LogP) is -0.424. The lowest BCUT2D eigenvalue weighted by molar-refractivity contribution is -0.351. The highest BCUT2D eigenvalue weighted by molar-refractivity contribution is 5.69. The van der Waals surface area contributed by atoms with Crippen LogP contribution in [0.1, 0.15) is 48.5 Å². The maximum atomic E-state index is 15.2. The van der Waals surface area contributed by atoms with Crippen LogP contribution < -0.4 is 0 Å². The summed E-state index contributed by atoms with van der Waals surface area (Å²) in [5.41, 5.74) is 0. The number of ether oxygens (including phenoxy) is 10. The van der Waals surface area contributed by atoms with Crippen LogP contribution in [-0.2, 0) is 80.9 Å². The highest BCUT2D eigenvalue weighted by Crippen LogP contribution is 2.35. The number of esters is 7. The minimum Gasteiger partial charge on any atom is -0.463 e. The average molecular weight is 639 g/mol. The van der Waals surface area contributed by atoms with Crippen LogP contribution in [0.3, 0.4) is 0 Å². The largest absolute Gasteiger partial charge is 0.463 e. The molecule has 18 heteroatoms. The molecule has 0 aromatic heterocycles. The Hall–Kier alpha value is -3.90. The van der Waals surface area contributed by atoms with Crippen LogP contribution >= 0.6 is 0 Å². The van der Waals surface area contributed by atoms with Crippen LogP contribution in [0.15, 0.2) is 0 Å². The van der Waals surface area contributed by atoms with E-state index < -0.39 is 116 Å². The fourth-order valence-corrected chi connectivity index (χ4v) is 4.46. The Morgan fingerprint density at radius 1 is 0.477 bits per heavy atom. The summed E-state index contributed by atoms with van der Waals surface area (Å²) in [5, 5.41) is 0. The summed E-state index contributed by atoms with van der Waals surface area (Å²) in [5.74, 6) is -6.27. The lowest BCUT2D eigenvalue weighted by atomic mass is 9.96. The van der Waals surface area contributed by atoms with Gasteiger partial charge in [-0.25, -0.2) is 4.39 Å². The van der Waals surface area contributed by atoms with Crippen molar-refractivity contribution < 1.29 is 85.3 Å². The van der Waals surface area contributed by atoms with Crippen molar-refractivity contribution in [3.63, 3.8) is 0 Å². The zero-order valence-electron chi connectivity index (χ0n) is 25.0. The molecule has 17 nitrogen and oxygen atoms in total. The molecule has 2 saturated heterocycles. The van der Waals surface area contributed by atoms with E-state index in [1.807, 2.05) is 0 Å². The predicted molar refractivity (Wildman–Crippen MR) is 134 cm³/mol. The van der Waals surface area contributed by atoms with Crippen LogP contribution in [0.4, 0.5) is 4.39 Å². The van der Waals surface area contributed by atoms with Gasteiger partial charge in [0.15, 0.2) is 36.8 Å². The molecule has 0 radical (unpaired) electrons. The molecule has 0 spiro atoms. The van der Waals surface area contributed by atoms with Crippen LogP contribution in [0.25, 0.3) is 0 Å². The summed E-state index contributed by atoms with van der Waals surface area (Å²) in [6.07, 6.45) is -17.5. The smallest absolute Gasteiger partial charge is 0.303 e. The first-order chi connectivity index (χ1) is 20.5. The first-order valence-electron chi connectivity index (χ1n) is 13.2. The molecule has 2 aliphatic rings. The van der Waals surface area contributed by atoms with Crippen LogP contribution in [0.2, 0.25) is 0 Å². The molecule has 44 heavy (non-hydrogen) atoms. The minimum absolute atomic E-state index is 0.592. The standard InChI is InChI=1S/C26H35FO17/c1-10(28)35-8-17-20(21(38-13(4)31)23(25(27)42-17)40-15(6)33)44-26-24(41-16(7)34)22(39-14(5)32)19(37-12(3)30)18(43-26)9-36-11(2)29/h17-26H,8-9H2,1-7H3/t17-,18-,19+,20-,21+,22+,23-,24-,25+,26+/m1/s1. The molecule has 248 valence electrons. The molecular formula is C26H35FO17. The summed E-state index contributed by atoms with van der Waals surface area (Å²) in [4.78, 5) is 83.3. The van der Waals surface area contributed by atoms with Gasteiger partial charge in [0.2, 0.25) is 6.36 Å². The Labute approximate surface area is 250 Å². The van der Waals surface area contributed by atoms with E-state index in [1.54, 1.807) is 0 Å². The normalized spacial score (nSPS) is 31.5. The Balaban J connectivity index is 2.66. The van der Waals surface area contributed by atoms with Crippen molar-refractivity contribution in [3.8, 4) is 0 Å². The summed E-state index contributed by atoms with van der Waals surface area (Å²) in [6.45, 7) is 5.83. The van der Waals surface area contributed by atoms with Crippen molar-refractivity contribution in [3.05, 3.63) is 0 Å². The molecule has 2 heterocycles. The number of hydrogen-bond donors (Lipinski definition) is 0. The van der Waals surface area contributed by atoms with Crippen molar-refractivity contribution in [1.29, 1.82) is 0 Å². The molecule has 0 bridgehead atoms. The maximum absolute atomic E-state index is 15.2. The molecule has 0 aliphatic carbocycles. The van der Waals surface area contributed by atoms with Gasteiger partial charge in [-0.15, -0.1) is 0 Å². The van der Waals surface area contributed by atoms with Crippen LogP contribution in [-0.4, -0.2) is 116 Å². The Bertz CT molecular complexity index is 1090. The topological polar surface area (TPSA) is 212 Å². The second-order valence-electron chi connectivity index (χ2n) is 9.64. The van der Waals surface area contributed by atoms with Gasteiger partial charge in [0.1, 0.15) is 31.5 Å². The zero-order chi connectivity index (χ0) is 33.3. The minimum atomic E-state index is -2.40. The number of halogens is 1. The molecule has 10 atom stereocenters. The van der Waals surface area contributed by atoms with Gasteiger partial charge in [-0.05, 0) is 0 Å². The van der Waals surface area contributed by atoms with Crippen molar-refractivity contribution in [2.24, 2.45) is 0 Å². The summed E-state index contributed by atoms with van der Waals surface area (Å²) in [6, 6.07) is 0. The zero-order valence-corrected chi connectivity index (χ0v) is 25.0. The van der Waals surface area contributed by atoms with E-state index in [0.29, 0.717) is 0 Å². The van der Waals surface area contributed by atoms with E-state index in [1.165, 1.54) is 0 Å². The van der Waals surface area contributed by atoms with Crippen molar-refractivity contribution in [2.75, 3.05) is 13.2 Å². The number of carbonyl (C=O) groups excluding carboxylic acids is 7. The van der Waals surface area contributed by atoms with Crippen molar-refractivity contribution in [1.82, 2.24) is 0 Å². The number of carbonyl (C=O) groups is 7. The fourth-order valence-electron chi connectivity index (χ4n) is 4.46. The highest BCUT2D eigenvalue weighted by Gasteiger charge is 2.57. The molecule has 0 amide bonds. The van der Waals surface area contributed by atoms with E-state index in [2.05, 4.69) is 0 Å². The number of hydrogen-bond acceptors (Lipinski definition) is 17. The van der Waals surface area contributed by atoms with Gasteiger partial charge >= 0.3 is 41.8 Å². The summed E-state index contributed by atoms with van der Waals surface area (Å²) >= 11 is 0. The molecular weight excluding hydrogens is 603 g/mol. The van der Waals surface area contributed by atoms with Crippen molar-refractivity contribution >= 4 is 41.8 Å².